The fraction of sp³-hybridized carbons (Fsp3) is 0.375. The molecule has 0 aliphatic carbocycles. The molecule has 1 heterocycles. The maximum Gasteiger partial charge on any atom is 0.231 e. The molecule has 0 bridgehead atoms. The van der Waals surface area contributed by atoms with E-state index in [1.807, 2.05) is 0 Å². The summed E-state index contributed by atoms with van der Waals surface area (Å²) in [5, 5.41) is 26.8. The number of hydrogen-bond donors (Lipinski definition) is 3. The summed E-state index contributed by atoms with van der Waals surface area (Å²) < 4.78 is 12.6. The van der Waals surface area contributed by atoms with Crippen molar-refractivity contribution < 1.29 is 19.7 Å². The van der Waals surface area contributed by atoms with E-state index in [-0.39, 0.29) is 10.6 Å². The predicted octanol–water partition coefficient (Wildman–Crippen LogP) is 0.261. The quantitative estimate of drug-likeness (QED) is 0.641. The topological polar surface area (TPSA) is 73.6 Å². The highest BCUT2D eigenvalue weighted by atomic mass is 35.5. The first-order chi connectivity index (χ1) is 6.56. The molecule has 2 atom stereocenters. The second-order valence-electron chi connectivity index (χ2n) is 2.74. The van der Waals surface area contributed by atoms with Crippen molar-refractivity contribution >= 4 is 11.6 Å². The van der Waals surface area contributed by atoms with Gasteiger partial charge in [-0.3, -0.25) is 0 Å². The maximum absolute atomic E-state index is 12.6. The lowest BCUT2D eigenvalue weighted by Gasteiger charge is -2.15. The number of aliphatic hydroxyl groups is 3. The summed E-state index contributed by atoms with van der Waals surface area (Å²) in [4.78, 5) is 3.27. The molecule has 0 saturated heterocycles. The number of pyridine rings is 1. The number of hydrogen-bond acceptors (Lipinski definition) is 4. The van der Waals surface area contributed by atoms with Gasteiger partial charge in [-0.1, -0.05) is 11.6 Å². The van der Waals surface area contributed by atoms with Crippen molar-refractivity contribution in [3.63, 3.8) is 0 Å². The molecule has 1 aromatic heterocycles. The zero-order valence-corrected chi connectivity index (χ0v) is 7.82. The Labute approximate surface area is 84.6 Å². The normalized spacial score (nSPS) is 15.2. The first-order valence-electron chi connectivity index (χ1n) is 3.84. The number of halogens is 2. The van der Waals surface area contributed by atoms with Crippen molar-refractivity contribution in [1.29, 1.82) is 0 Å². The zero-order chi connectivity index (χ0) is 10.7. The van der Waals surface area contributed by atoms with Gasteiger partial charge < -0.3 is 15.3 Å². The molecular formula is C8H9ClFNO3. The van der Waals surface area contributed by atoms with Crippen molar-refractivity contribution in [1.82, 2.24) is 4.98 Å². The van der Waals surface area contributed by atoms with Crippen LogP contribution in [0.1, 0.15) is 11.7 Å². The molecule has 0 fully saturated rings. The first kappa shape index (κ1) is 11.3. The van der Waals surface area contributed by atoms with E-state index in [4.69, 9.17) is 21.8 Å². The van der Waals surface area contributed by atoms with Crippen LogP contribution < -0.4 is 0 Å². The lowest BCUT2D eigenvalue weighted by Crippen LogP contribution is -2.22. The van der Waals surface area contributed by atoms with Gasteiger partial charge >= 0.3 is 0 Å². The summed E-state index contributed by atoms with van der Waals surface area (Å²) in [6.45, 7) is -0.601. The van der Waals surface area contributed by atoms with Crippen LogP contribution in [0.25, 0.3) is 0 Å². The molecule has 6 heteroatoms. The lowest BCUT2D eigenvalue weighted by atomic mass is 10.1. The minimum atomic E-state index is -1.33. The molecule has 1 aromatic rings. The standard InChI is InChI=1S/C8H9ClFNO3/c9-5-1-4(2-11-8(5)10)7(14)6(13)3-12/h1-2,6-7,12-14H,3H2. The third-order valence-corrected chi connectivity index (χ3v) is 1.98. The van der Waals surface area contributed by atoms with E-state index in [1.165, 1.54) is 0 Å². The minimum absolute atomic E-state index is 0.151. The average Bonchev–Trinajstić information content (AvgIpc) is 2.20. The van der Waals surface area contributed by atoms with Gasteiger partial charge in [-0.2, -0.15) is 4.39 Å². The van der Waals surface area contributed by atoms with E-state index < -0.39 is 24.8 Å². The van der Waals surface area contributed by atoms with Crippen molar-refractivity contribution in [3.05, 3.63) is 28.8 Å². The maximum atomic E-state index is 12.6. The van der Waals surface area contributed by atoms with Crippen molar-refractivity contribution in [2.75, 3.05) is 6.61 Å². The Kier molecular flexibility index (Phi) is 3.77. The Bertz CT molecular complexity index is 323. The molecule has 0 saturated carbocycles. The number of aliphatic hydroxyl groups excluding tert-OH is 3. The lowest BCUT2D eigenvalue weighted by molar-refractivity contribution is -0.0154. The predicted molar refractivity (Wildman–Crippen MR) is 47.3 cm³/mol. The summed E-state index contributed by atoms with van der Waals surface area (Å²) in [7, 11) is 0. The fourth-order valence-corrected chi connectivity index (χ4v) is 1.09. The summed E-state index contributed by atoms with van der Waals surface area (Å²) in [5.41, 5.74) is 0.151. The molecule has 0 aliphatic heterocycles. The molecule has 0 amide bonds. The Morgan fingerprint density at radius 1 is 1.50 bits per heavy atom. The molecular weight excluding hydrogens is 213 g/mol. The van der Waals surface area contributed by atoms with Gasteiger partial charge in [0.1, 0.15) is 12.2 Å². The third kappa shape index (κ3) is 2.39. The van der Waals surface area contributed by atoms with Crippen LogP contribution in [-0.4, -0.2) is 33.0 Å². The van der Waals surface area contributed by atoms with E-state index in [9.17, 15) is 9.50 Å². The highest BCUT2D eigenvalue weighted by Gasteiger charge is 2.18. The molecule has 0 radical (unpaired) electrons. The smallest absolute Gasteiger partial charge is 0.231 e. The van der Waals surface area contributed by atoms with E-state index in [2.05, 4.69) is 4.98 Å². The van der Waals surface area contributed by atoms with Crippen molar-refractivity contribution in [2.24, 2.45) is 0 Å². The molecule has 0 aromatic carbocycles. The summed E-state index contributed by atoms with van der Waals surface area (Å²) >= 11 is 5.41. The van der Waals surface area contributed by atoms with Crippen molar-refractivity contribution in [3.8, 4) is 0 Å². The largest absolute Gasteiger partial charge is 0.394 e. The molecule has 0 spiro atoms. The van der Waals surface area contributed by atoms with Gasteiger partial charge in [0, 0.05) is 11.8 Å². The van der Waals surface area contributed by atoms with E-state index in [0.717, 1.165) is 12.3 Å². The Morgan fingerprint density at radius 3 is 2.64 bits per heavy atom. The van der Waals surface area contributed by atoms with Gasteiger partial charge in [0.2, 0.25) is 5.95 Å². The second-order valence-corrected chi connectivity index (χ2v) is 3.14. The number of aromatic nitrogens is 1. The van der Waals surface area contributed by atoms with E-state index >= 15 is 0 Å². The van der Waals surface area contributed by atoms with Crippen LogP contribution in [0.2, 0.25) is 5.02 Å². The SMILES string of the molecule is OCC(O)C(O)c1cnc(F)c(Cl)c1. The van der Waals surface area contributed by atoms with Gasteiger partial charge in [0.15, 0.2) is 0 Å². The van der Waals surface area contributed by atoms with E-state index in [1.54, 1.807) is 0 Å². The molecule has 3 N–H and O–H groups in total. The van der Waals surface area contributed by atoms with Crippen LogP contribution in [0.3, 0.4) is 0 Å². The van der Waals surface area contributed by atoms with Crippen LogP contribution in [0.4, 0.5) is 4.39 Å². The fourth-order valence-electron chi connectivity index (χ4n) is 0.920. The van der Waals surface area contributed by atoms with Crippen LogP contribution in [-0.2, 0) is 0 Å². The Morgan fingerprint density at radius 2 is 2.14 bits per heavy atom. The Hall–Kier alpha value is -0.750. The summed E-state index contributed by atoms with van der Waals surface area (Å²) in [6, 6.07) is 1.15. The minimum Gasteiger partial charge on any atom is -0.394 e. The number of nitrogens with zero attached hydrogens (tertiary/aromatic N) is 1. The molecule has 4 nitrogen and oxygen atoms in total. The monoisotopic (exact) mass is 221 g/mol. The van der Waals surface area contributed by atoms with Crippen LogP contribution >= 0.6 is 11.6 Å². The highest BCUT2D eigenvalue weighted by Crippen LogP contribution is 2.20. The van der Waals surface area contributed by atoms with Crippen LogP contribution in [0.15, 0.2) is 12.3 Å². The van der Waals surface area contributed by atoms with Gasteiger partial charge in [-0.05, 0) is 6.07 Å². The number of rotatable bonds is 3. The Balaban J connectivity index is 2.91. The van der Waals surface area contributed by atoms with Crippen molar-refractivity contribution in [2.45, 2.75) is 12.2 Å². The highest BCUT2D eigenvalue weighted by molar-refractivity contribution is 6.30. The molecule has 78 valence electrons. The first-order valence-corrected chi connectivity index (χ1v) is 4.22. The molecule has 0 aliphatic rings. The zero-order valence-electron chi connectivity index (χ0n) is 7.06. The van der Waals surface area contributed by atoms with Crippen LogP contribution in [0, 0.1) is 5.95 Å². The summed E-state index contributed by atoms with van der Waals surface area (Å²) in [6.07, 6.45) is -1.62. The molecule has 2 unspecified atom stereocenters. The third-order valence-electron chi connectivity index (χ3n) is 1.71. The van der Waals surface area contributed by atoms with E-state index in [0.29, 0.717) is 0 Å². The average molecular weight is 222 g/mol. The second kappa shape index (κ2) is 4.65. The van der Waals surface area contributed by atoms with Gasteiger partial charge in [0.25, 0.3) is 0 Å². The van der Waals surface area contributed by atoms with Crippen LogP contribution in [0.5, 0.6) is 0 Å². The van der Waals surface area contributed by atoms with Gasteiger partial charge in [0.05, 0.1) is 11.6 Å². The van der Waals surface area contributed by atoms with Gasteiger partial charge in [-0.15, -0.1) is 0 Å². The van der Waals surface area contributed by atoms with Gasteiger partial charge in [-0.25, -0.2) is 4.98 Å². The summed E-state index contributed by atoms with van der Waals surface area (Å²) in [5.74, 6) is -0.846. The molecule has 14 heavy (non-hydrogen) atoms. The molecule has 1 rings (SSSR count).